The zero-order valence-electron chi connectivity index (χ0n) is 17.1. The maximum absolute atomic E-state index is 13.7. The molecule has 0 bridgehead atoms. The number of oxazole rings is 1. The van der Waals surface area contributed by atoms with E-state index < -0.39 is 0 Å². The van der Waals surface area contributed by atoms with Crippen molar-refractivity contribution < 1.29 is 9.21 Å². The Morgan fingerprint density at radius 2 is 2.19 bits per heavy atom. The first-order valence-corrected chi connectivity index (χ1v) is 11.5. The van der Waals surface area contributed by atoms with Gasteiger partial charge in [-0.25, -0.2) is 4.98 Å². The van der Waals surface area contributed by atoms with Gasteiger partial charge in [-0.05, 0) is 43.4 Å². The summed E-state index contributed by atoms with van der Waals surface area (Å²) in [6.07, 6.45) is 2.98. The van der Waals surface area contributed by atoms with Gasteiger partial charge in [0.25, 0.3) is 11.9 Å². The number of benzene rings is 2. The Bertz CT molecular complexity index is 1230. The van der Waals surface area contributed by atoms with Crippen LogP contribution in [0.3, 0.4) is 0 Å². The van der Waals surface area contributed by atoms with Crippen LogP contribution in [0.4, 0.5) is 6.01 Å². The minimum Gasteiger partial charge on any atom is -0.424 e. The Morgan fingerprint density at radius 1 is 1.29 bits per heavy atom. The fraction of sp³-hybridized carbons (Fsp3) is 0.292. The largest absolute Gasteiger partial charge is 0.424 e. The van der Waals surface area contributed by atoms with E-state index in [1.165, 1.54) is 6.42 Å². The molecular formula is C24H22N4O2S. The summed E-state index contributed by atoms with van der Waals surface area (Å²) in [6.45, 7) is 3.48. The molecule has 2 aromatic heterocycles. The highest BCUT2D eigenvalue weighted by molar-refractivity contribution is 7.13. The first kappa shape index (κ1) is 18.6. The van der Waals surface area contributed by atoms with Gasteiger partial charge in [0.2, 0.25) is 0 Å². The van der Waals surface area contributed by atoms with Gasteiger partial charge in [0.1, 0.15) is 10.5 Å². The number of thiazole rings is 1. The fourth-order valence-corrected chi connectivity index (χ4v) is 5.42. The van der Waals surface area contributed by atoms with Gasteiger partial charge in [-0.15, -0.1) is 11.3 Å². The number of rotatable bonds is 5. The van der Waals surface area contributed by atoms with Gasteiger partial charge in [-0.2, -0.15) is 4.98 Å². The molecule has 1 aliphatic heterocycles. The topological polar surface area (TPSA) is 71.3 Å². The summed E-state index contributed by atoms with van der Waals surface area (Å²) in [7, 11) is 0. The summed E-state index contributed by atoms with van der Waals surface area (Å²) in [6, 6.07) is 14.4. The zero-order chi connectivity index (χ0) is 20.9. The molecule has 0 unspecified atom stereocenters. The minimum absolute atomic E-state index is 0.0884. The number of aryl methyl sites for hydroxylation is 1. The normalized spacial score (nSPS) is 22.0. The molecule has 2 fully saturated rings. The van der Waals surface area contributed by atoms with Crippen molar-refractivity contribution in [1.82, 2.24) is 14.9 Å². The summed E-state index contributed by atoms with van der Waals surface area (Å²) in [5, 5.41) is 6.17. The third-order valence-electron chi connectivity index (χ3n) is 6.39. The van der Waals surface area contributed by atoms with Gasteiger partial charge in [-0.1, -0.05) is 29.8 Å². The average Bonchev–Trinajstić information content (AvgIpc) is 3.17. The number of amides is 1. The molecule has 0 spiro atoms. The predicted molar refractivity (Wildman–Crippen MR) is 121 cm³/mol. The molecule has 1 saturated carbocycles. The van der Waals surface area contributed by atoms with Crippen molar-refractivity contribution in [1.29, 1.82) is 0 Å². The SMILES string of the molecule is Cc1ccc(-c2nccs2)c(C(=O)N2C[C@H]3C[C@H]3[C@H]2CNc2nc3ccccc3o2)c1. The van der Waals surface area contributed by atoms with E-state index >= 15 is 0 Å². The van der Waals surface area contributed by atoms with Crippen LogP contribution in [0.1, 0.15) is 22.3 Å². The van der Waals surface area contributed by atoms with E-state index in [1.807, 2.05) is 59.7 Å². The van der Waals surface area contributed by atoms with E-state index in [1.54, 1.807) is 17.5 Å². The highest BCUT2D eigenvalue weighted by Gasteiger charge is 2.54. The number of carbonyl (C=O) groups excluding carboxylic acids is 1. The Balaban J connectivity index is 1.26. The molecule has 7 heteroatoms. The van der Waals surface area contributed by atoms with Crippen LogP contribution in [-0.4, -0.2) is 39.9 Å². The van der Waals surface area contributed by atoms with Gasteiger partial charge in [-0.3, -0.25) is 4.79 Å². The molecule has 2 aliphatic rings. The Kier molecular flexibility index (Phi) is 4.31. The minimum atomic E-state index is 0.0884. The van der Waals surface area contributed by atoms with E-state index in [0.29, 0.717) is 24.4 Å². The molecule has 31 heavy (non-hydrogen) atoms. The molecule has 4 aromatic rings. The van der Waals surface area contributed by atoms with Crippen LogP contribution >= 0.6 is 11.3 Å². The molecule has 1 saturated heterocycles. The van der Waals surface area contributed by atoms with Gasteiger partial charge >= 0.3 is 0 Å². The zero-order valence-corrected chi connectivity index (χ0v) is 17.9. The first-order valence-electron chi connectivity index (χ1n) is 10.6. The number of aromatic nitrogens is 2. The van der Waals surface area contributed by atoms with Crippen molar-refractivity contribution in [2.24, 2.45) is 11.8 Å². The van der Waals surface area contributed by atoms with E-state index in [2.05, 4.69) is 15.3 Å². The molecule has 1 amide bonds. The molecule has 1 aliphatic carbocycles. The molecule has 1 N–H and O–H groups in total. The van der Waals surface area contributed by atoms with Gasteiger partial charge in [0, 0.05) is 30.2 Å². The quantitative estimate of drug-likeness (QED) is 0.491. The van der Waals surface area contributed by atoms with Gasteiger partial charge in [0.15, 0.2) is 5.58 Å². The Hall–Kier alpha value is -3.19. The standard InChI is InChI=1S/C24H22N4O2S/c1-14-6-7-16(22-25-8-9-31-22)18(10-14)23(29)28-13-15-11-17(15)20(28)12-26-24-27-19-4-2-3-5-21(19)30-24/h2-10,15,17,20H,11-13H2,1H3,(H,26,27)/t15-,17-,20-/m1/s1. The number of nitrogens with zero attached hydrogens (tertiary/aromatic N) is 3. The predicted octanol–water partition coefficient (Wildman–Crippen LogP) is 4.83. The highest BCUT2D eigenvalue weighted by Crippen LogP contribution is 2.50. The summed E-state index contributed by atoms with van der Waals surface area (Å²) in [5.41, 5.74) is 4.33. The van der Waals surface area contributed by atoms with E-state index in [0.717, 1.165) is 39.3 Å². The van der Waals surface area contributed by atoms with Crippen LogP contribution in [-0.2, 0) is 0 Å². The number of hydrogen-bond acceptors (Lipinski definition) is 6. The van der Waals surface area contributed by atoms with Crippen LogP contribution in [0.25, 0.3) is 21.7 Å². The lowest BCUT2D eigenvalue weighted by molar-refractivity contribution is 0.0715. The number of piperidine rings is 1. The number of fused-ring (bicyclic) bond motifs is 2. The van der Waals surface area contributed by atoms with E-state index in [4.69, 9.17) is 4.42 Å². The van der Waals surface area contributed by atoms with Crippen LogP contribution in [0, 0.1) is 18.8 Å². The maximum atomic E-state index is 13.7. The number of anilines is 1. The molecule has 3 heterocycles. The molecule has 0 radical (unpaired) electrons. The monoisotopic (exact) mass is 430 g/mol. The second kappa shape index (κ2) is 7.20. The molecular weight excluding hydrogens is 408 g/mol. The van der Waals surface area contributed by atoms with Crippen molar-refractivity contribution in [3.8, 4) is 10.6 Å². The van der Waals surface area contributed by atoms with E-state index in [-0.39, 0.29) is 11.9 Å². The molecule has 6 rings (SSSR count). The third-order valence-corrected chi connectivity index (χ3v) is 7.19. The van der Waals surface area contributed by atoms with Crippen molar-refractivity contribution >= 4 is 34.4 Å². The summed E-state index contributed by atoms with van der Waals surface area (Å²) in [4.78, 5) is 24.7. The number of para-hydroxylation sites is 2. The highest BCUT2D eigenvalue weighted by atomic mass is 32.1. The van der Waals surface area contributed by atoms with Crippen LogP contribution in [0.5, 0.6) is 0 Å². The van der Waals surface area contributed by atoms with Crippen LogP contribution in [0.15, 0.2) is 58.5 Å². The van der Waals surface area contributed by atoms with Gasteiger partial charge in [0.05, 0.1) is 11.6 Å². The van der Waals surface area contributed by atoms with Crippen molar-refractivity contribution in [3.05, 3.63) is 65.2 Å². The summed E-state index contributed by atoms with van der Waals surface area (Å²) < 4.78 is 5.81. The molecule has 6 nitrogen and oxygen atoms in total. The van der Waals surface area contributed by atoms with Gasteiger partial charge < -0.3 is 14.6 Å². The number of nitrogens with one attached hydrogen (secondary N) is 1. The third kappa shape index (κ3) is 3.29. The Labute approximate surface area is 183 Å². The maximum Gasteiger partial charge on any atom is 0.295 e. The van der Waals surface area contributed by atoms with Crippen LogP contribution < -0.4 is 5.32 Å². The van der Waals surface area contributed by atoms with Crippen molar-refractivity contribution in [3.63, 3.8) is 0 Å². The van der Waals surface area contributed by atoms with Crippen LogP contribution in [0.2, 0.25) is 0 Å². The number of hydrogen-bond donors (Lipinski definition) is 1. The first-order chi connectivity index (χ1) is 15.2. The van der Waals surface area contributed by atoms with Crippen molar-refractivity contribution in [2.75, 3.05) is 18.4 Å². The second-order valence-electron chi connectivity index (χ2n) is 8.44. The number of carbonyl (C=O) groups is 1. The summed E-state index contributed by atoms with van der Waals surface area (Å²) in [5.74, 6) is 1.24. The van der Waals surface area contributed by atoms with E-state index in [9.17, 15) is 4.79 Å². The molecule has 156 valence electrons. The smallest absolute Gasteiger partial charge is 0.295 e. The van der Waals surface area contributed by atoms with Crippen molar-refractivity contribution in [2.45, 2.75) is 19.4 Å². The Morgan fingerprint density at radius 3 is 3.03 bits per heavy atom. The molecule has 3 atom stereocenters. The molecule has 2 aromatic carbocycles. The lowest BCUT2D eigenvalue weighted by Crippen LogP contribution is -2.42. The number of likely N-dealkylation sites (tertiary alicyclic amines) is 1. The lowest BCUT2D eigenvalue weighted by Gasteiger charge is -2.28. The summed E-state index contributed by atoms with van der Waals surface area (Å²) >= 11 is 1.56. The lowest BCUT2D eigenvalue weighted by atomic mass is 10.0. The fourth-order valence-electron chi connectivity index (χ4n) is 4.74. The average molecular weight is 431 g/mol. The second-order valence-corrected chi connectivity index (χ2v) is 9.33.